The van der Waals surface area contributed by atoms with E-state index in [2.05, 4.69) is 0 Å². The standard InChI is InChI=1S/C14H21NO6/c1-18-5-6-19-7-8-20-9-10-21-12-4-2-3-11(13(12)15)14(16)17/h2-4H,5-10,15H2,1H3,(H,16,17). The molecule has 7 nitrogen and oxygen atoms in total. The normalized spacial score (nSPS) is 10.5. The summed E-state index contributed by atoms with van der Waals surface area (Å²) >= 11 is 0. The van der Waals surface area contributed by atoms with Crippen LogP contribution in [-0.2, 0) is 14.2 Å². The Balaban J connectivity index is 2.19. The molecule has 1 aromatic carbocycles. The number of carboxylic acid groups (broad SMARTS) is 1. The molecule has 0 aromatic heterocycles. The first-order chi connectivity index (χ1) is 10.2. The number of hydrogen-bond donors (Lipinski definition) is 2. The van der Waals surface area contributed by atoms with Crippen molar-refractivity contribution >= 4 is 11.7 Å². The molecule has 1 rings (SSSR count). The molecule has 0 heterocycles. The zero-order chi connectivity index (χ0) is 15.5. The van der Waals surface area contributed by atoms with Gasteiger partial charge in [-0.05, 0) is 12.1 Å². The van der Waals surface area contributed by atoms with Crippen LogP contribution in [0, 0.1) is 0 Å². The average Bonchev–Trinajstić information content (AvgIpc) is 2.46. The average molecular weight is 299 g/mol. The number of ether oxygens (including phenoxy) is 4. The number of aromatic carboxylic acids is 1. The zero-order valence-corrected chi connectivity index (χ0v) is 12.0. The molecule has 0 radical (unpaired) electrons. The number of anilines is 1. The Kier molecular flexibility index (Phi) is 8.18. The number of carboxylic acids is 1. The molecule has 0 aliphatic carbocycles. The lowest BCUT2D eigenvalue weighted by Crippen LogP contribution is -2.13. The van der Waals surface area contributed by atoms with Crippen LogP contribution in [0.3, 0.4) is 0 Å². The fourth-order valence-electron chi connectivity index (χ4n) is 1.53. The number of rotatable bonds is 11. The van der Waals surface area contributed by atoms with Crippen LogP contribution in [-0.4, -0.2) is 57.8 Å². The van der Waals surface area contributed by atoms with E-state index in [1.165, 1.54) is 6.07 Å². The third kappa shape index (κ3) is 6.44. The molecule has 0 aliphatic heterocycles. The van der Waals surface area contributed by atoms with Crippen molar-refractivity contribution in [3.05, 3.63) is 23.8 Å². The molecule has 0 bridgehead atoms. The minimum absolute atomic E-state index is 0.0277. The van der Waals surface area contributed by atoms with E-state index in [1.807, 2.05) is 0 Å². The van der Waals surface area contributed by atoms with E-state index >= 15 is 0 Å². The molecular weight excluding hydrogens is 278 g/mol. The highest BCUT2D eigenvalue weighted by molar-refractivity contribution is 5.95. The van der Waals surface area contributed by atoms with Crippen LogP contribution in [0.15, 0.2) is 18.2 Å². The number of methoxy groups -OCH3 is 1. The molecule has 0 saturated heterocycles. The lowest BCUT2D eigenvalue weighted by molar-refractivity contribution is 0.0180. The van der Waals surface area contributed by atoms with Gasteiger partial charge in [-0.1, -0.05) is 6.07 Å². The van der Waals surface area contributed by atoms with Gasteiger partial charge < -0.3 is 29.8 Å². The van der Waals surface area contributed by atoms with Crippen LogP contribution < -0.4 is 10.5 Å². The zero-order valence-electron chi connectivity index (χ0n) is 12.0. The predicted octanol–water partition coefficient (Wildman–Crippen LogP) is 1.03. The van der Waals surface area contributed by atoms with Crippen molar-refractivity contribution in [3.63, 3.8) is 0 Å². The molecule has 3 N–H and O–H groups in total. The van der Waals surface area contributed by atoms with E-state index < -0.39 is 5.97 Å². The van der Waals surface area contributed by atoms with Crippen LogP contribution >= 0.6 is 0 Å². The Morgan fingerprint density at radius 1 is 1.10 bits per heavy atom. The molecule has 0 atom stereocenters. The molecular formula is C14H21NO6. The molecule has 7 heteroatoms. The number of para-hydroxylation sites is 1. The van der Waals surface area contributed by atoms with Crippen LogP contribution in [0.5, 0.6) is 5.75 Å². The Morgan fingerprint density at radius 3 is 2.33 bits per heavy atom. The molecule has 21 heavy (non-hydrogen) atoms. The van der Waals surface area contributed by atoms with E-state index in [0.717, 1.165) is 0 Å². The van der Waals surface area contributed by atoms with Crippen molar-refractivity contribution in [3.8, 4) is 5.75 Å². The van der Waals surface area contributed by atoms with E-state index in [9.17, 15) is 4.79 Å². The van der Waals surface area contributed by atoms with Crippen LogP contribution in [0.2, 0.25) is 0 Å². The van der Waals surface area contributed by atoms with Crippen LogP contribution in [0.1, 0.15) is 10.4 Å². The molecule has 0 aliphatic rings. The van der Waals surface area contributed by atoms with Gasteiger partial charge in [0, 0.05) is 7.11 Å². The molecule has 118 valence electrons. The van der Waals surface area contributed by atoms with Gasteiger partial charge in [-0.3, -0.25) is 0 Å². The molecule has 0 amide bonds. The first-order valence-electron chi connectivity index (χ1n) is 6.55. The summed E-state index contributed by atoms with van der Waals surface area (Å²) in [5.41, 5.74) is 5.86. The maximum atomic E-state index is 10.9. The van der Waals surface area contributed by atoms with Gasteiger partial charge in [0.2, 0.25) is 0 Å². The summed E-state index contributed by atoms with van der Waals surface area (Å²) in [5, 5.41) is 8.94. The fraction of sp³-hybridized carbons (Fsp3) is 0.500. The Labute approximate surface area is 123 Å². The van der Waals surface area contributed by atoms with Gasteiger partial charge in [-0.25, -0.2) is 4.79 Å². The fourth-order valence-corrected chi connectivity index (χ4v) is 1.53. The summed E-state index contributed by atoms with van der Waals surface area (Å²) in [6.07, 6.45) is 0. The highest BCUT2D eigenvalue weighted by atomic mass is 16.6. The van der Waals surface area contributed by atoms with Crippen molar-refractivity contribution < 1.29 is 28.8 Å². The van der Waals surface area contributed by atoms with Crippen molar-refractivity contribution in [1.29, 1.82) is 0 Å². The predicted molar refractivity (Wildman–Crippen MR) is 76.8 cm³/mol. The number of carbonyl (C=O) groups is 1. The number of hydrogen-bond acceptors (Lipinski definition) is 6. The van der Waals surface area contributed by atoms with Crippen molar-refractivity contribution in [2.75, 3.05) is 52.5 Å². The highest BCUT2D eigenvalue weighted by Gasteiger charge is 2.11. The molecule has 0 unspecified atom stereocenters. The van der Waals surface area contributed by atoms with Gasteiger partial charge in [-0.15, -0.1) is 0 Å². The number of nitrogens with two attached hydrogens (primary N) is 1. The first kappa shape index (κ1) is 17.2. The van der Waals surface area contributed by atoms with Gasteiger partial charge in [0.1, 0.15) is 12.4 Å². The van der Waals surface area contributed by atoms with Crippen molar-refractivity contribution in [2.45, 2.75) is 0 Å². The van der Waals surface area contributed by atoms with Gasteiger partial charge >= 0.3 is 5.97 Å². The summed E-state index contributed by atoms with van der Waals surface area (Å²) in [6, 6.07) is 4.63. The number of nitrogen functional groups attached to an aromatic ring is 1. The lowest BCUT2D eigenvalue weighted by Gasteiger charge is -2.11. The van der Waals surface area contributed by atoms with Crippen molar-refractivity contribution in [2.24, 2.45) is 0 Å². The van der Waals surface area contributed by atoms with E-state index in [4.69, 9.17) is 29.8 Å². The highest BCUT2D eigenvalue weighted by Crippen LogP contribution is 2.24. The van der Waals surface area contributed by atoms with Gasteiger partial charge in [-0.2, -0.15) is 0 Å². The molecule has 1 aromatic rings. The number of benzene rings is 1. The second kappa shape index (κ2) is 9.98. The lowest BCUT2D eigenvalue weighted by atomic mass is 10.1. The largest absolute Gasteiger partial charge is 0.489 e. The monoisotopic (exact) mass is 299 g/mol. The summed E-state index contributed by atoms with van der Waals surface area (Å²) in [7, 11) is 1.61. The summed E-state index contributed by atoms with van der Waals surface area (Å²) in [5.74, 6) is -0.739. The summed E-state index contributed by atoms with van der Waals surface area (Å²) < 4.78 is 20.8. The Morgan fingerprint density at radius 2 is 1.71 bits per heavy atom. The smallest absolute Gasteiger partial charge is 0.337 e. The third-order valence-electron chi connectivity index (χ3n) is 2.59. The maximum Gasteiger partial charge on any atom is 0.337 e. The first-order valence-corrected chi connectivity index (χ1v) is 6.55. The van der Waals surface area contributed by atoms with Crippen LogP contribution in [0.4, 0.5) is 5.69 Å². The molecule has 0 fully saturated rings. The van der Waals surface area contributed by atoms with Gasteiger partial charge in [0.05, 0.1) is 44.3 Å². The quantitative estimate of drug-likeness (QED) is 0.465. The summed E-state index contributed by atoms with van der Waals surface area (Å²) in [4.78, 5) is 10.9. The van der Waals surface area contributed by atoms with E-state index in [-0.39, 0.29) is 17.9 Å². The van der Waals surface area contributed by atoms with Gasteiger partial charge in [0.25, 0.3) is 0 Å². The molecule has 0 spiro atoms. The third-order valence-corrected chi connectivity index (χ3v) is 2.59. The minimum Gasteiger partial charge on any atom is -0.489 e. The minimum atomic E-state index is -1.08. The maximum absolute atomic E-state index is 10.9. The Bertz CT molecular complexity index is 437. The summed E-state index contributed by atoms with van der Waals surface area (Å²) in [6.45, 7) is 2.69. The van der Waals surface area contributed by atoms with Crippen LogP contribution in [0.25, 0.3) is 0 Å². The van der Waals surface area contributed by atoms with E-state index in [1.54, 1.807) is 19.2 Å². The van der Waals surface area contributed by atoms with Gasteiger partial charge in [0.15, 0.2) is 0 Å². The van der Waals surface area contributed by atoms with E-state index in [0.29, 0.717) is 38.8 Å². The SMILES string of the molecule is COCCOCCOCCOc1cccc(C(=O)O)c1N. The second-order valence-electron chi connectivity index (χ2n) is 4.09. The van der Waals surface area contributed by atoms with Crippen molar-refractivity contribution in [1.82, 2.24) is 0 Å². The Hall–Kier alpha value is -1.83. The second-order valence-corrected chi connectivity index (χ2v) is 4.09. The molecule has 0 saturated carbocycles. The topological polar surface area (TPSA) is 100 Å².